The fourth-order valence-electron chi connectivity index (χ4n) is 1.03. The fraction of sp³-hybridized carbons (Fsp3) is 0.364. The lowest BCUT2D eigenvalue weighted by Crippen LogP contribution is -1.99. The van der Waals surface area contributed by atoms with E-state index in [1.165, 1.54) is 13.0 Å². The fourth-order valence-corrected chi connectivity index (χ4v) is 1.03. The number of allylic oxidation sites excluding steroid dienone is 5. The second kappa shape index (κ2) is 7.05. The van der Waals surface area contributed by atoms with Gasteiger partial charge in [0.05, 0.1) is 17.5 Å². The van der Waals surface area contributed by atoms with Crippen LogP contribution in [0.15, 0.2) is 35.7 Å². The third kappa shape index (κ3) is 4.58. The van der Waals surface area contributed by atoms with Crippen molar-refractivity contribution in [3.05, 3.63) is 35.7 Å². The van der Waals surface area contributed by atoms with Gasteiger partial charge in [-0.15, -0.1) is 0 Å². The van der Waals surface area contributed by atoms with Crippen molar-refractivity contribution in [1.82, 2.24) is 0 Å². The van der Waals surface area contributed by atoms with Gasteiger partial charge in [0.15, 0.2) is 0 Å². The number of rotatable bonds is 5. The van der Waals surface area contributed by atoms with E-state index < -0.39 is 0 Å². The molecule has 0 aliphatic heterocycles. The van der Waals surface area contributed by atoms with Crippen LogP contribution >= 0.6 is 0 Å². The summed E-state index contributed by atoms with van der Waals surface area (Å²) in [5.41, 5.74) is 6.42. The van der Waals surface area contributed by atoms with Crippen molar-refractivity contribution in [2.24, 2.45) is 5.73 Å². The summed E-state index contributed by atoms with van der Waals surface area (Å²) in [6, 6.07) is 1.94. The van der Waals surface area contributed by atoms with E-state index in [0.717, 1.165) is 12.0 Å². The van der Waals surface area contributed by atoms with Gasteiger partial charge in [0.1, 0.15) is 0 Å². The molecule has 14 heavy (non-hydrogen) atoms. The highest BCUT2D eigenvalue weighted by Crippen LogP contribution is 2.14. The van der Waals surface area contributed by atoms with E-state index >= 15 is 0 Å². The van der Waals surface area contributed by atoms with Gasteiger partial charge in [-0.1, -0.05) is 12.7 Å². The molecule has 0 saturated carbocycles. The average molecular weight is 194 g/mol. The summed E-state index contributed by atoms with van der Waals surface area (Å²) < 4.78 is 12.6. The molecule has 3 heteroatoms. The molecule has 0 fully saturated rings. The van der Waals surface area contributed by atoms with Gasteiger partial charge in [0.2, 0.25) is 0 Å². The predicted molar refractivity (Wildman–Crippen MR) is 56.0 cm³/mol. The van der Waals surface area contributed by atoms with E-state index in [-0.39, 0.29) is 5.83 Å². The molecule has 0 aliphatic rings. The standard InChI is InChI=1S/C11H15FN2/c1-3-10(5-4-6-13)11(8-14)7-9(2)12/h3,7H,1,4-6,13H2,2H3/b9-7+,11-10-. The normalized spacial score (nSPS) is 13.1. The van der Waals surface area contributed by atoms with Crippen LogP contribution in [0.3, 0.4) is 0 Å². The summed E-state index contributed by atoms with van der Waals surface area (Å²) in [7, 11) is 0. The molecule has 0 bridgehead atoms. The first-order valence-electron chi connectivity index (χ1n) is 4.45. The minimum absolute atomic E-state index is 0.327. The first-order valence-corrected chi connectivity index (χ1v) is 4.45. The van der Waals surface area contributed by atoms with Gasteiger partial charge in [-0.2, -0.15) is 5.26 Å². The zero-order chi connectivity index (χ0) is 11.0. The Morgan fingerprint density at radius 1 is 1.64 bits per heavy atom. The number of nitriles is 1. The first kappa shape index (κ1) is 12.6. The maximum atomic E-state index is 12.6. The third-order valence-corrected chi connectivity index (χ3v) is 1.71. The Morgan fingerprint density at radius 2 is 2.29 bits per heavy atom. The van der Waals surface area contributed by atoms with Crippen molar-refractivity contribution in [3.8, 4) is 6.07 Å². The molecule has 0 radical (unpaired) electrons. The van der Waals surface area contributed by atoms with Crippen LogP contribution in [0, 0.1) is 11.3 Å². The van der Waals surface area contributed by atoms with Crippen LogP contribution in [-0.2, 0) is 0 Å². The number of nitrogens with two attached hydrogens (primary N) is 1. The topological polar surface area (TPSA) is 49.8 Å². The molecule has 0 amide bonds. The molecule has 0 aromatic carbocycles. The molecule has 76 valence electrons. The molecule has 0 unspecified atom stereocenters. The van der Waals surface area contributed by atoms with E-state index in [1.54, 1.807) is 6.08 Å². The zero-order valence-electron chi connectivity index (χ0n) is 8.39. The Morgan fingerprint density at radius 3 is 2.64 bits per heavy atom. The highest BCUT2D eigenvalue weighted by Gasteiger charge is 2.01. The average Bonchev–Trinajstić information content (AvgIpc) is 2.16. The van der Waals surface area contributed by atoms with Crippen LogP contribution < -0.4 is 5.73 Å². The maximum Gasteiger partial charge on any atom is 0.0995 e. The van der Waals surface area contributed by atoms with Crippen molar-refractivity contribution < 1.29 is 4.39 Å². The van der Waals surface area contributed by atoms with E-state index in [4.69, 9.17) is 11.0 Å². The van der Waals surface area contributed by atoms with E-state index in [0.29, 0.717) is 18.5 Å². The monoisotopic (exact) mass is 194 g/mol. The largest absolute Gasteiger partial charge is 0.330 e. The molecule has 0 heterocycles. The van der Waals surface area contributed by atoms with Crippen LogP contribution in [0.5, 0.6) is 0 Å². The molecule has 0 atom stereocenters. The Labute approximate surface area is 84.2 Å². The summed E-state index contributed by atoms with van der Waals surface area (Å²) in [6.45, 7) is 5.45. The highest BCUT2D eigenvalue weighted by atomic mass is 19.1. The van der Waals surface area contributed by atoms with E-state index in [1.807, 2.05) is 6.07 Å². The number of nitrogens with zero attached hydrogens (tertiary/aromatic N) is 1. The Bertz CT molecular complexity index is 291. The minimum Gasteiger partial charge on any atom is -0.330 e. The minimum atomic E-state index is -0.381. The lowest BCUT2D eigenvalue weighted by atomic mass is 10.0. The van der Waals surface area contributed by atoms with Crippen molar-refractivity contribution in [3.63, 3.8) is 0 Å². The van der Waals surface area contributed by atoms with Crippen LogP contribution in [0.1, 0.15) is 19.8 Å². The number of hydrogen-bond acceptors (Lipinski definition) is 2. The Kier molecular flexibility index (Phi) is 6.34. The van der Waals surface area contributed by atoms with Crippen LogP contribution in [0.4, 0.5) is 4.39 Å². The number of hydrogen-bond donors (Lipinski definition) is 1. The second-order valence-electron chi connectivity index (χ2n) is 2.88. The molecule has 0 aromatic heterocycles. The van der Waals surface area contributed by atoms with Crippen LogP contribution in [0.2, 0.25) is 0 Å². The smallest absolute Gasteiger partial charge is 0.0995 e. The Hall–Kier alpha value is -1.40. The molecular weight excluding hydrogens is 179 g/mol. The van der Waals surface area contributed by atoms with E-state index in [2.05, 4.69) is 6.58 Å². The van der Waals surface area contributed by atoms with Gasteiger partial charge in [-0.05, 0) is 38.0 Å². The molecule has 2 N–H and O–H groups in total. The van der Waals surface area contributed by atoms with Gasteiger partial charge >= 0.3 is 0 Å². The third-order valence-electron chi connectivity index (χ3n) is 1.71. The van der Waals surface area contributed by atoms with Gasteiger partial charge in [-0.3, -0.25) is 0 Å². The van der Waals surface area contributed by atoms with Gasteiger partial charge < -0.3 is 5.73 Å². The highest BCUT2D eigenvalue weighted by molar-refractivity contribution is 5.42. The van der Waals surface area contributed by atoms with Crippen molar-refractivity contribution >= 4 is 0 Å². The van der Waals surface area contributed by atoms with Gasteiger partial charge in [0, 0.05) is 0 Å². The summed E-state index contributed by atoms with van der Waals surface area (Å²) >= 11 is 0. The summed E-state index contributed by atoms with van der Waals surface area (Å²) in [6.07, 6.45) is 4.22. The van der Waals surface area contributed by atoms with Gasteiger partial charge in [0.25, 0.3) is 0 Å². The SMILES string of the molecule is C=C/C(CCCN)=C(C#N)\C=C(/C)F. The van der Waals surface area contributed by atoms with Gasteiger partial charge in [-0.25, -0.2) is 4.39 Å². The molecular formula is C11H15FN2. The molecule has 0 saturated heterocycles. The van der Waals surface area contributed by atoms with Crippen LogP contribution in [0.25, 0.3) is 0 Å². The number of halogens is 1. The lowest BCUT2D eigenvalue weighted by Gasteiger charge is -2.01. The first-order chi connectivity index (χ1) is 6.65. The molecule has 2 nitrogen and oxygen atoms in total. The van der Waals surface area contributed by atoms with Crippen molar-refractivity contribution in [1.29, 1.82) is 5.26 Å². The van der Waals surface area contributed by atoms with E-state index in [9.17, 15) is 4.39 Å². The lowest BCUT2D eigenvalue weighted by molar-refractivity contribution is 0.639. The van der Waals surface area contributed by atoms with Crippen molar-refractivity contribution in [2.45, 2.75) is 19.8 Å². The van der Waals surface area contributed by atoms with Crippen LogP contribution in [-0.4, -0.2) is 6.54 Å². The van der Waals surface area contributed by atoms with Crippen molar-refractivity contribution in [2.75, 3.05) is 6.54 Å². The summed E-state index contributed by atoms with van der Waals surface area (Å²) in [5.74, 6) is -0.381. The summed E-state index contributed by atoms with van der Waals surface area (Å²) in [5, 5.41) is 8.78. The predicted octanol–water partition coefficient (Wildman–Crippen LogP) is 2.60. The quantitative estimate of drug-likeness (QED) is 0.540. The molecule has 0 aromatic rings. The molecule has 0 rings (SSSR count). The molecule has 0 spiro atoms. The second-order valence-corrected chi connectivity index (χ2v) is 2.88. The Balaban J connectivity index is 4.85. The maximum absolute atomic E-state index is 12.6. The summed E-state index contributed by atoms with van der Waals surface area (Å²) in [4.78, 5) is 0. The zero-order valence-corrected chi connectivity index (χ0v) is 8.39. The molecule has 0 aliphatic carbocycles.